The molecule has 0 aromatic heterocycles. The van der Waals surface area contributed by atoms with Crippen molar-refractivity contribution in [2.75, 3.05) is 33.2 Å². The predicted octanol–water partition coefficient (Wildman–Crippen LogP) is 3.15. The second-order valence-electron chi connectivity index (χ2n) is 6.47. The number of hydrogen-bond acceptors (Lipinski definition) is 2. The Kier molecular flexibility index (Phi) is 10.7. The number of nitrogens with zero attached hydrogens (tertiary/aromatic N) is 2. The van der Waals surface area contributed by atoms with E-state index in [9.17, 15) is 18.0 Å². The Balaban J connectivity index is 0.00000576. The summed E-state index contributed by atoms with van der Waals surface area (Å²) in [6, 6.07) is 0. The third-order valence-corrected chi connectivity index (χ3v) is 4.60. The molecule has 148 valence electrons. The summed E-state index contributed by atoms with van der Waals surface area (Å²) in [5.74, 6) is -0.179. The molecule has 0 radical (unpaired) electrons. The maximum atomic E-state index is 12.3. The molecule has 0 aliphatic heterocycles. The molecule has 2 N–H and O–H groups in total. The van der Waals surface area contributed by atoms with Crippen LogP contribution in [0.1, 0.15) is 46.0 Å². The van der Waals surface area contributed by atoms with E-state index in [1.54, 1.807) is 0 Å². The van der Waals surface area contributed by atoms with Gasteiger partial charge in [-0.15, -0.1) is 24.0 Å². The Bertz CT molecular complexity index is 438. The summed E-state index contributed by atoms with van der Waals surface area (Å²) >= 11 is 0. The second kappa shape index (κ2) is 11.1. The fourth-order valence-electron chi connectivity index (χ4n) is 3.02. The summed E-state index contributed by atoms with van der Waals surface area (Å²) < 4.78 is 36.9. The summed E-state index contributed by atoms with van der Waals surface area (Å²) in [7, 11) is 1.14. The third kappa shape index (κ3) is 8.96. The number of rotatable bonds is 7. The van der Waals surface area contributed by atoms with Crippen molar-refractivity contribution in [2.24, 2.45) is 10.4 Å². The zero-order valence-corrected chi connectivity index (χ0v) is 17.5. The lowest BCUT2D eigenvalue weighted by atomic mass is 9.83. The number of carbonyl (C=O) groups is 1. The molecule has 0 heterocycles. The molecule has 1 aliphatic rings. The topological polar surface area (TPSA) is 56.7 Å². The maximum Gasteiger partial charge on any atom is 0.406 e. The summed E-state index contributed by atoms with van der Waals surface area (Å²) in [5, 5.41) is 6.28. The van der Waals surface area contributed by atoms with Crippen LogP contribution >= 0.6 is 24.0 Å². The van der Waals surface area contributed by atoms with Gasteiger partial charge in [-0.2, -0.15) is 13.2 Å². The lowest BCUT2D eigenvalue weighted by Crippen LogP contribution is -2.44. The quantitative estimate of drug-likeness (QED) is 0.336. The molecule has 9 heteroatoms. The highest BCUT2D eigenvalue weighted by Crippen LogP contribution is 2.40. The number of guanidine groups is 1. The molecular weight excluding hydrogens is 448 g/mol. The van der Waals surface area contributed by atoms with Gasteiger partial charge in [0, 0.05) is 20.1 Å². The van der Waals surface area contributed by atoms with Gasteiger partial charge in [-0.25, -0.2) is 4.99 Å². The van der Waals surface area contributed by atoms with Crippen LogP contribution in [-0.2, 0) is 4.79 Å². The van der Waals surface area contributed by atoms with Gasteiger partial charge >= 0.3 is 6.18 Å². The van der Waals surface area contributed by atoms with E-state index in [0.29, 0.717) is 17.4 Å². The molecule has 0 unspecified atom stereocenters. The lowest BCUT2D eigenvalue weighted by Gasteiger charge is -2.28. The number of carbonyl (C=O) groups excluding carboxylic acids is 1. The van der Waals surface area contributed by atoms with Crippen LogP contribution in [0, 0.1) is 5.41 Å². The Morgan fingerprint density at radius 1 is 1.20 bits per heavy atom. The smallest absolute Gasteiger partial charge is 0.357 e. The van der Waals surface area contributed by atoms with Crippen LogP contribution in [-0.4, -0.2) is 56.2 Å². The van der Waals surface area contributed by atoms with Crippen molar-refractivity contribution in [3.05, 3.63) is 0 Å². The first-order chi connectivity index (χ1) is 11.2. The predicted molar refractivity (Wildman–Crippen MR) is 104 cm³/mol. The molecule has 0 aromatic rings. The minimum absolute atomic E-state index is 0. The van der Waals surface area contributed by atoms with Crippen molar-refractivity contribution < 1.29 is 18.0 Å². The van der Waals surface area contributed by atoms with E-state index in [2.05, 4.69) is 22.5 Å². The Hall–Kier alpha value is -0.740. The highest BCUT2D eigenvalue weighted by atomic mass is 127. The molecule has 0 bridgehead atoms. The largest absolute Gasteiger partial charge is 0.406 e. The Morgan fingerprint density at radius 2 is 1.80 bits per heavy atom. The minimum Gasteiger partial charge on any atom is -0.357 e. The van der Waals surface area contributed by atoms with Crippen LogP contribution < -0.4 is 10.6 Å². The summed E-state index contributed by atoms with van der Waals surface area (Å²) in [4.78, 5) is 16.5. The number of alkyl halides is 3. The van der Waals surface area contributed by atoms with E-state index >= 15 is 0 Å². The van der Waals surface area contributed by atoms with Crippen molar-refractivity contribution in [3.8, 4) is 0 Å². The molecule has 0 aromatic carbocycles. The van der Waals surface area contributed by atoms with Crippen LogP contribution in [0.3, 0.4) is 0 Å². The molecular formula is C16H30F3IN4O. The lowest BCUT2D eigenvalue weighted by molar-refractivity contribution is -0.157. The third-order valence-electron chi connectivity index (χ3n) is 4.60. The summed E-state index contributed by atoms with van der Waals surface area (Å²) in [6.45, 7) is 3.90. The van der Waals surface area contributed by atoms with E-state index in [4.69, 9.17) is 0 Å². The van der Waals surface area contributed by atoms with Gasteiger partial charge in [0.2, 0.25) is 5.91 Å². The molecule has 0 saturated heterocycles. The number of amides is 1. The molecule has 1 amide bonds. The molecule has 25 heavy (non-hydrogen) atoms. The number of hydrogen-bond donors (Lipinski definition) is 2. The van der Waals surface area contributed by atoms with E-state index in [0.717, 1.165) is 20.0 Å². The molecule has 5 nitrogen and oxygen atoms in total. The first-order valence-corrected chi connectivity index (χ1v) is 8.54. The van der Waals surface area contributed by atoms with Crippen molar-refractivity contribution in [3.63, 3.8) is 0 Å². The Morgan fingerprint density at radius 3 is 2.28 bits per heavy atom. The van der Waals surface area contributed by atoms with Gasteiger partial charge < -0.3 is 15.5 Å². The van der Waals surface area contributed by atoms with E-state index in [1.165, 1.54) is 25.7 Å². The summed E-state index contributed by atoms with van der Waals surface area (Å²) in [5.41, 5.74) is 0.257. The fraction of sp³-hybridized carbons (Fsp3) is 0.875. The molecule has 1 aliphatic carbocycles. The highest BCUT2D eigenvalue weighted by molar-refractivity contribution is 14.0. The molecule has 1 saturated carbocycles. The monoisotopic (exact) mass is 478 g/mol. The van der Waals surface area contributed by atoms with Gasteiger partial charge in [-0.1, -0.05) is 19.8 Å². The van der Waals surface area contributed by atoms with Crippen LogP contribution in [0.5, 0.6) is 0 Å². The van der Waals surface area contributed by atoms with Crippen LogP contribution in [0.4, 0.5) is 13.2 Å². The molecule has 1 fully saturated rings. The van der Waals surface area contributed by atoms with Crippen molar-refractivity contribution in [1.29, 1.82) is 0 Å². The van der Waals surface area contributed by atoms with E-state index in [-0.39, 0.29) is 35.9 Å². The zero-order chi connectivity index (χ0) is 18.2. The normalized spacial score (nSPS) is 17.0. The van der Waals surface area contributed by atoms with E-state index < -0.39 is 18.6 Å². The molecule has 0 atom stereocenters. The van der Waals surface area contributed by atoms with Gasteiger partial charge in [0.05, 0.1) is 0 Å². The van der Waals surface area contributed by atoms with Crippen LogP contribution in [0.25, 0.3) is 0 Å². The van der Waals surface area contributed by atoms with Crippen molar-refractivity contribution in [2.45, 2.75) is 52.1 Å². The zero-order valence-electron chi connectivity index (χ0n) is 15.2. The van der Waals surface area contributed by atoms with Crippen molar-refractivity contribution >= 4 is 35.8 Å². The van der Waals surface area contributed by atoms with Gasteiger partial charge in [-0.05, 0) is 31.6 Å². The fourth-order valence-corrected chi connectivity index (χ4v) is 3.02. The number of nitrogens with one attached hydrogen (secondary N) is 2. The summed E-state index contributed by atoms with van der Waals surface area (Å²) in [6.07, 6.45) is 1.47. The Labute approximate surface area is 165 Å². The number of aliphatic imine (C=N–C) groups is 1. The maximum absolute atomic E-state index is 12.3. The first-order valence-electron chi connectivity index (χ1n) is 8.54. The first kappa shape index (κ1) is 24.3. The standard InChI is InChI=1S/C16H29F3N4O.HI/c1-4-15(8-6-7-9-15)11-22-14(20-5-2)21-10-13(24)23(3)12-16(17,18)19;/h4-12H2,1-3H3,(H2,20,21,22);1H. The number of halogens is 4. The minimum atomic E-state index is -4.40. The SMILES string of the molecule is CCNC(=NCC(=O)N(C)CC(F)(F)F)NCC1(CC)CCCC1.I. The van der Waals surface area contributed by atoms with Gasteiger partial charge in [-0.3, -0.25) is 4.79 Å². The second-order valence-corrected chi connectivity index (χ2v) is 6.47. The molecule has 0 spiro atoms. The number of likely N-dealkylation sites (N-methyl/N-ethyl adjacent to an activating group) is 1. The van der Waals surface area contributed by atoms with Crippen LogP contribution in [0.15, 0.2) is 4.99 Å². The van der Waals surface area contributed by atoms with Gasteiger partial charge in [0.25, 0.3) is 0 Å². The van der Waals surface area contributed by atoms with E-state index in [1.807, 2.05) is 6.92 Å². The molecule has 1 rings (SSSR count). The van der Waals surface area contributed by atoms with Gasteiger partial charge in [0.15, 0.2) is 5.96 Å². The van der Waals surface area contributed by atoms with Gasteiger partial charge in [0.1, 0.15) is 13.1 Å². The van der Waals surface area contributed by atoms with Crippen LogP contribution in [0.2, 0.25) is 0 Å². The highest BCUT2D eigenvalue weighted by Gasteiger charge is 2.32. The van der Waals surface area contributed by atoms with Crippen molar-refractivity contribution in [1.82, 2.24) is 15.5 Å². The average Bonchev–Trinajstić information content (AvgIpc) is 2.97. The average molecular weight is 478 g/mol.